The van der Waals surface area contributed by atoms with Crippen molar-refractivity contribution in [2.24, 2.45) is 5.92 Å². The van der Waals surface area contributed by atoms with Crippen molar-refractivity contribution in [3.8, 4) is 0 Å². The van der Waals surface area contributed by atoms with Crippen LogP contribution in [0.5, 0.6) is 0 Å². The molecule has 5 heteroatoms. The molecule has 0 heterocycles. The molecule has 0 bridgehead atoms. The maximum atomic E-state index is 11.5. The molecule has 1 aliphatic rings. The van der Waals surface area contributed by atoms with E-state index in [0.29, 0.717) is 5.92 Å². The van der Waals surface area contributed by atoms with Gasteiger partial charge in [0.1, 0.15) is 0 Å². The van der Waals surface area contributed by atoms with Gasteiger partial charge >= 0.3 is 0 Å². The maximum Gasteiger partial charge on any atom is 0.151 e. The van der Waals surface area contributed by atoms with E-state index in [9.17, 15) is 8.42 Å². The van der Waals surface area contributed by atoms with E-state index in [0.717, 1.165) is 32.2 Å². The highest BCUT2D eigenvalue weighted by Crippen LogP contribution is 2.25. The van der Waals surface area contributed by atoms with Crippen LogP contribution in [0.4, 0.5) is 0 Å². The van der Waals surface area contributed by atoms with Gasteiger partial charge in [0.2, 0.25) is 0 Å². The summed E-state index contributed by atoms with van der Waals surface area (Å²) in [6.07, 6.45) is 4.82. The second-order valence-electron chi connectivity index (χ2n) is 4.93. The number of aliphatic hydroxyl groups excluding tert-OH is 1. The van der Waals surface area contributed by atoms with Crippen LogP contribution in [0.2, 0.25) is 0 Å². The highest BCUT2D eigenvalue weighted by Gasteiger charge is 2.34. The Bertz CT molecular complexity index is 302. The van der Waals surface area contributed by atoms with E-state index in [1.54, 1.807) is 0 Å². The zero-order valence-corrected chi connectivity index (χ0v) is 11.0. The maximum absolute atomic E-state index is 11.5. The fourth-order valence-corrected chi connectivity index (χ4v) is 3.77. The molecule has 3 atom stereocenters. The molecule has 1 fully saturated rings. The summed E-state index contributed by atoms with van der Waals surface area (Å²) in [5, 5.41) is 11.9. The molecule has 96 valence electrons. The monoisotopic (exact) mass is 249 g/mol. The van der Waals surface area contributed by atoms with E-state index in [-0.39, 0.29) is 17.9 Å². The average molecular weight is 249 g/mol. The van der Waals surface area contributed by atoms with Crippen molar-refractivity contribution in [1.29, 1.82) is 0 Å². The molecule has 2 N–H and O–H groups in total. The van der Waals surface area contributed by atoms with Crippen LogP contribution >= 0.6 is 0 Å². The van der Waals surface area contributed by atoms with Crippen molar-refractivity contribution in [2.45, 2.75) is 43.9 Å². The minimum atomic E-state index is -2.92. The second-order valence-corrected chi connectivity index (χ2v) is 7.20. The molecule has 0 saturated heterocycles. The smallest absolute Gasteiger partial charge is 0.151 e. The van der Waals surface area contributed by atoms with Crippen LogP contribution in [0.3, 0.4) is 0 Å². The Morgan fingerprint density at radius 2 is 2.12 bits per heavy atom. The number of nitrogens with one attached hydrogen (secondary N) is 1. The summed E-state index contributed by atoms with van der Waals surface area (Å²) in [6, 6.07) is 0.108. The SMILES string of the molecule is CC(CCO)CNC1CCCC1S(C)(=O)=O. The number of aliphatic hydroxyl groups is 1. The number of rotatable bonds is 6. The third-order valence-corrected chi connectivity index (χ3v) is 5.02. The lowest BCUT2D eigenvalue weighted by Crippen LogP contribution is -2.41. The third kappa shape index (κ3) is 4.03. The Labute approximate surface area is 98.4 Å². The number of hydrogen-bond donors (Lipinski definition) is 2. The van der Waals surface area contributed by atoms with Crippen molar-refractivity contribution in [3.05, 3.63) is 0 Å². The van der Waals surface area contributed by atoms with Crippen LogP contribution < -0.4 is 5.32 Å². The zero-order chi connectivity index (χ0) is 12.2. The van der Waals surface area contributed by atoms with Gasteiger partial charge in [-0.15, -0.1) is 0 Å². The molecule has 3 unspecified atom stereocenters. The minimum absolute atomic E-state index is 0.108. The predicted octanol–water partition coefficient (Wildman–Crippen LogP) is 0.560. The van der Waals surface area contributed by atoms with E-state index >= 15 is 0 Å². The molecule has 0 aromatic heterocycles. The molecular formula is C11H23NO3S. The standard InChI is InChI=1S/C11H23NO3S/c1-9(6-7-13)8-12-10-4-3-5-11(10)16(2,14)15/h9-13H,3-8H2,1-2H3. The first kappa shape index (κ1) is 13.9. The Balaban J connectivity index is 2.42. The van der Waals surface area contributed by atoms with Crippen molar-refractivity contribution in [3.63, 3.8) is 0 Å². The highest BCUT2D eigenvalue weighted by atomic mass is 32.2. The van der Waals surface area contributed by atoms with E-state index < -0.39 is 9.84 Å². The Morgan fingerprint density at radius 3 is 2.69 bits per heavy atom. The summed E-state index contributed by atoms with van der Waals surface area (Å²) >= 11 is 0. The van der Waals surface area contributed by atoms with Gasteiger partial charge in [0, 0.05) is 18.9 Å². The molecule has 1 saturated carbocycles. The fraction of sp³-hybridized carbons (Fsp3) is 1.00. The van der Waals surface area contributed by atoms with E-state index in [1.165, 1.54) is 6.26 Å². The summed E-state index contributed by atoms with van der Waals surface area (Å²) in [7, 11) is -2.92. The van der Waals surface area contributed by atoms with Crippen LogP contribution in [-0.4, -0.2) is 44.2 Å². The van der Waals surface area contributed by atoms with Gasteiger partial charge in [0.15, 0.2) is 9.84 Å². The van der Waals surface area contributed by atoms with Gasteiger partial charge in [0.05, 0.1) is 5.25 Å². The first-order valence-corrected chi connectivity index (χ1v) is 7.93. The van der Waals surface area contributed by atoms with Gasteiger partial charge in [0.25, 0.3) is 0 Å². The molecule has 0 aromatic rings. The van der Waals surface area contributed by atoms with Gasteiger partial charge in [-0.1, -0.05) is 13.3 Å². The van der Waals surface area contributed by atoms with Crippen LogP contribution in [0, 0.1) is 5.92 Å². The van der Waals surface area contributed by atoms with Gasteiger partial charge in [-0.05, 0) is 31.7 Å². The van der Waals surface area contributed by atoms with Crippen LogP contribution in [0.15, 0.2) is 0 Å². The molecule has 0 amide bonds. The van der Waals surface area contributed by atoms with Crippen molar-refractivity contribution in [1.82, 2.24) is 5.32 Å². The quantitative estimate of drug-likeness (QED) is 0.722. The average Bonchev–Trinajstić information content (AvgIpc) is 2.62. The summed E-state index contributed by atoms with van der Waals surface area (Å²) in [6.45, 7) is 3.05. The minimum Gasteiger partial charge on any atom is -0.396 e. The summed E-state index contributed by atoms with van der Waals surface area (Å²) in [4.78, 5) is 0. The Morgan fingerprint density at radius 1 is 1.44 bits per heavy atom. The van der Waals surface area contributed by atoms with Crippen molar-refractivity contribution >= 4 is 9.84 Å². The topological polar surface area (TPSA) is 66.4 Å². The van der Waals surface area contributed by atoms with Crippen LogP contribution in [-0.2, 0) is 9.84 Å². The van der Waals surface area contributed by atoms with E-state index in [2.05, 4.69) is 12.2 Å². The lowest BCUT2D eigenvalue weighted by atomic mass is 10.1. The first-order valence-electron chi connectivity index (χ1n) is 5.98. The molecule has 0 spiro atoms. The van der Waals surface area contributed by atoms with Crippen LogP contribution in [0.25, 0.3) is 0 Å². The normalized spacial score (nSPS) is 28.2. The predicted molar refractivity (Wildman–Crippen MR) is 65.1 cm³/mol. The molecule has 0 aliphatic heterocycles. The van der Waals surface area contributed by atoms with Gasteiger partial charge in [-0.3, -0.25) is 0 Å². The van der Waals surface area contributed by atoms with Crippen molar-refractivity contribution < 1.29 is 13.5 Å². The lowest BCUT2D eigenvalue weighted by Gasteiger charge is -2.21. The first-order chi connectivity index (χ1) is 7.45. The second kappa shape index (κ2) is 5.98. The molecular weight excluding hydrogens is 226 g/mol. The fourth-order valence-electron chi connectivity index (χ4n) is 2.35. The number of sulfone groups is 1. The Hall–Kier alpha value is -0.130. The summed E-state index contributed by atoms with van der Waals surface area (Å²) in [5.41, 5.74) is 0. The highest BCUT2D eigenvalue weighted by molar-refractivity contribution is 7.91. The summed E-state index contributed by atoms with van der Waals surface area (Å²) < 4.78 is 23.1. The molecule has 1 aliphatic carbocycles. The molecule has 0 radical (unpaired) electrons. The van der Waals surface area contributed by atoms with Gasteiger partial charge in [-0.25, -0.2) is 8.42 Å². The van der Waals surface area contributed by atoms with Crippen LogP contribution in [0.1, 0.15) is 32.6 Å². The van der Waals surface area contributed by atoms with Gasteiger partial charge < -0.3 is 10.4 Å². The summed E-state index contributed by atoms with van der Waals surface area (Å²) in [5.74, 6) is 0.394. The van der Waals surface area contributed by atoms with E-state index in [1.807, 2.05) is 0 Å². The Kier molecular flexibility index (Phi) is 5.21. The third-order valence-electron chi connectivity index (χ3n) is 3.35. The molecule has 16 heavy (non-hydrogen) atoms. The van der Waals surface area contributed by atoms with Gasteiger partial charge in [-0.2, -0.15) is 0 Å². The van der Waals surface area contributed by atoms with Crippen molar-refractivity contribution in [2.75, 3.05) is 19.4 Å². The van der Waals surface area contributed by atoms with E-state index in [4.69, 9.17) is 5.11 Å². The lowest BCUT2D eigenvalue weighted by molar-refractivity contribution is 0.257. The molecule has 0 aromatic carbocycles. The largest absolute Gasteiger partial charge is 0.396 e. The zero-order valence-electron chi connectivity index (χ0n) is 10.1. The molecule has 4 nitrogen and oxygen atoms in total. The molecule has 1 rings (SSSR count). The number of hydrogen-bond acceptors (Lipinski definition) is 4.